The average Bonchev–Trinajstić information content (AvgIpc) is 3.31. The second-order valence-corrected chi connectivity index (χ2v) is 10.8. The summed E-state index contributed by atoms with van der Waals surface area (Å²) in [7, 11) is 0. The highest BCUT2D eigenvalue weighted by molar-refractivity contribution is 8.01. The van der Waals surface area contributed by atoms with E-state index in [1.165, 1.54) is 0 Å². The Morgan fingerprint density at radius 2 is 1.78 bits per heavy atom. The Kier molecular flexibility index (Phi) is 9.05. The van der Waals surface area contributed by atoms with E-state index < -0.39 is 12.3 Å². The van der Waals surface area contributed by atoms with Gasteiger partial charge in [-0.3, -0.25) is 9.59 Å². The highest BCUT2D eigenvalue weighted by Gasteiger charge is 2.32. The highest BCUT2D eigenvalue weighted by atomic mass is 32.2. The number of amides is 1. The van der Waals surface area contributed by atoms with Crippen LogP contribution in [0, 0.1) is 6.92 Å². The van der Waals surface area contributed by atoms with E-state index >= 15 is 0 Å². The number of hydrogen-bond donors (Lipinski definition) is 3. The zero-order chi connectivity index (χ0) is 25.5. The van der Waals surface area contributed by atoms with E-state index in [0.717, 1.165) is 26.0 Å². The van der Waals surface area contributed by atoms with Crippen molar-refractivity contribution in [3.8, 4) is 0 Å². The van der Waals surface area contributed by atoms with Gasteiger partial charge in [0.15, 0.2) is 10.6 Å². The maximum absolute atomic E-state index is 11.9. The summed E-state index contributed by atoms with van der Waals surface area (Å²) in [4.78, 5) is 22.6. The normalized spacial score (nSPS) is 19.7. The standard InChI is InChI=1S/C25H27N3O6S2/c1-15-27-28-25(36-15)35-14-20-12-21(17-4-2-16(13-29)3-5-17)34-24(33-20)18-6-8-19(9-7-18)26-22(30)10-11-23(31)32/h2-9,20-21,24,29H,10-14H2,1H3,(H,26,30)(H,31,32). The van der Waals surface area contributed by atoms with Crippen LogP contribution in [0.3, 0.4) is 0 Å². The number of thioether (sulfide) groups is 1. The number of hydrogen-bond acceptors (Lipinski definition) is 9. The highest BCUT2D eigenvalue weighted by Crippen LogP contribution is 2.39. The largest absolute Gasteiger partial charge is 0.481 e. The number of nitrogens with zero attached hydrogens (tertiary/aromatic N) is 2. The predicted octanol–water partition coefficient (Wildman–Crippen LogP) is 4.48. The molecule has 0 spiro atoms. The molecule has 1 fully saturated rings. The van der Waals surface area contributed by atoms with Gasteiger partial charge in [0.05, 0.1) is 25.2 Å². The Morgan fingerprint density at radius 1 is 1.06 bits per heavy atom. The van der Waals surface area contributed by atoms with Gasteiger partial charge in [-0.2, -0.15) is 0 Å². The molecular weight excluding hydrogens is 502 g/mol. The van der Waals surface area contributed by atoms with Crippen LogP contribution in [0.1, 0.15) is 53.4 Å². The molecule has 1 aliphatic heterocycles. The minimum absolute atomic E-state index is 0.0166. The summed E-state index contributed by atoms with van der Waals surface area (Å²) in [6.07, 6.45) is -0.554. The van der Waals surface area contributed by atoms with Crippen LogP contribution in [0.15, 0.2) is 52.9 Å². The topological polar surface area (TPSA) is 131 Å². The fourth-order valence-corrected chi connectivity index (χ4v) is 5.55. The fraction of sp³-hybridized carbons (Fsp3) is 0.360. The number of aliphatic hydroxyl groups excluding tert-OH is 1. The van der Waals surface area contributed by atoms with Crippen LogP contribution in [0.2, 0.25) is 0 Å². The van der Waals surface area contributed by atoms with Crippen molar-refractivity contribution in [3.63, 3.8) is 0 Å². The number of anilines is 1. The number of aliphatic carboxylic acids is 1. The Labute approximate surface area is 216 Å². The summed E-state index contributed by atoms with van der Waals surface area (Å²) >= 11 is 3.16. The first-order valence-corrected chi connectivity index (χ1v) is 13.2. The molecule has 1 aliphatic rings. The Bertz CT molecular complexity index is 1170. The summed E-state index contributed by atoms with van der Waals surface area (Å²) in [5.74, 6) is -0.676. The third kappa shape index (κ3) is 7.34. The number of aryl methyl sites for hydroxylation is 1. The van der Waals surface area contributed by atoms with Crippen LogP contribution in [0.25, 0.3) is 0 Å². The number of aliphatic hydroxyl groups is 1. The van der Waals surface area contributed by atoms with Crippen molar-refractivity contribution in [2.45, 2.75) is 55.6 Å². The van der Waals surface area contributed by atoms with Crippen LogP contribution in [0.4, 0.5) is 5.69 Å². The summed E-state index contributed by atoms with van der Waals surface area (Å²) in [5, 5.41) is 30.0. The molecule has 0 saturated carbocycles. The molecule has 3 aromatic rings. The molecule has 9 nitrogen and oxygen atoms in total. The number of carboxylic acid groups (broad SMARTS) is 1. The monoisotopic (exact) mass is 529 g/mol. The molecule has 190 valence electrons. The lowest BCUT2D eigenvalue weighted by Gasteiger charge is -2.36. The van der Waals surface area contributed by atoms with E-state index in [2.05, 4.69) is 15.5 Å². The predicted molar refractivity (Wildman–Crippen MR) is 136 cm³/mol. The van der Waals surface area contributed by atoms with E-state index in [9.17, 15) is 14.7 Å². The first-order valence-electron chi connectivity index (χ1n) is 11.4. The lowest BCUT2D eigenvalue weighted by atomic mass is 10.0. The minimum atomic E-state index is -1.01. The SMILES string of the molecule is Cc1nnc(SCC2CC(c3ccc(CO)cc3)OC(c3ccc(NC(=O)CCC(=O)O)cc3)O2)s1. The second-order valence-electron chi connectivity index (χ2n) is 8.31. The molecule has 2 heterocycles. The number of rotatable bonds is 10. The van der Waals surface area contributed by atoms with Gasteiger partial charge in [0.25, 0.3) is 0 Å². The Morgan fingerprint density at radius 3 is 2.42 bits per heavy atom. The molecule has 1 saturated heterocycles. The van der Waals surface area contributed by atoms with Crippen molar-refractivity contribution in [1.82, 2.24) is 10.2 Å². The molecule has 0 bridgehead atoms. The zero-order valence-corrected chi connectivity index (χ0v) is 21.3. The maximum Gasteiger partial charge on any atom is 0.303 e. The molecule has 0 radical (unpaired) electrons. The number of ether oxygens (including phenoxy) is 2. The molecule has 36 heavy (non-hydrogen) atoms. The Balaban J connectivity index is 1.46. The smallest absolute Gasteiger partial charge is 0.303 e. The van der Waals surface area contributed by atoms with Crippen molar-refractivity contribution in [1.29, 1.82) is 0 Å². The van der Waals surface area contributed by atoms with Crippen molar-refractivity contribution in [2.75, 3.05) is 11.1 Å². The molecule has 3 unspecified atom stereocenters. The number of carbonyl (C=O) groups is 2. The zero-order valence-electron chi connectivity index (χ0n) is 19.6. The summed E-state index contributed by atoms with van der Waals surface area (Å²) in [6.45, 7) is 1.91. The number of aromatic nitrogens is 2. The van der Waals surface area contributed by atoms with Crippen LogP contribution < -0.4 is 5.32 Å². The summed E-state index contributed by atoms with van der Waals surface area (Å²) in [5.41, 5.74) is 3.21. The minimum Gasteiger partial charge on any atom is -0.481 e. The van der Waals surface area contributed by atoms with E-state index in [0.29, 0.717) is 17.9 Å². The molecule has 0 aliphatic carbocycles. The van der Waals surface area contributed by atoms with Crippen LogP contribution in [-0.4, -0.2) is 44.1 Å². The van der Waals surface area contributed by atoms with Crippen molar-refractivity contribution < 1.29 is 29.3 Å². The van der Waals surface area contributed by atoms with Gasteiger partial charge in [0, 0.05) is 29.8 Å². The van der Waals surface area contributed by atoms with Crippen LogP contribution in [0.5, 0.6) is 0 Å². The number of benzene rings is 2. The molecule has 2 aromatic carbocycles. The van der Waals surface area contributed by atoms with E-state index in [-0.39, 0.29) is 37.6 Å². The quantitative estimate of drug-likeness (QED) is 0.325. The van der Waals surface area contributed by atoms with Gasteiger partial charge in [0.2, 0.25) is 5.91 Å². The second kappa shape index (κ2) is 12.4. The van der Waals surface area contributed by atoms with Gasteiger partial charge in [0.1, 0.15) is 5.01 Å². The molecule has 1 amide bonds. The molecular formula is C25H27N3O6S2. The van der Waals surface area contributed by atoms with Gasteiger partial charge in [-0.25, -0.2) is 0 Å². The lowest BCUT2D eigenvalue weighted by Crippen LogP contribution is -2.31. The van der Waals surface area contributed by atoms with Crippen molar-refractivity contribution >= 4 is 40.7 Å². The molecule has 4 rings (SSSR count). The number of carboxylic acids is 1. The summed E-state index contributed by atoms with van der Waals surface area (Å²) < 4.78 is 13.5. The third-order valence-corrected chi connectivity index (χ3v) is 7.65. The number of carbonyl (C=O) groups excluding carboxylic acids is 1. The van der Waals surface area contributed by atoms with Gasteiger partial charge in [-0.1, -0.05) is 59.5 Å². The maximum atomic E-state index is 11.9. The van der Waals surface area contributed by atoms with Gasteiger partial charge in [-0.15, -0.1) is 10.2 Å². The van der Waals surface area contributed by atoms with Gasteiger partial charge < -0.3 is 25.0 Å². The summed E-state index contributed by atoms with van der Waals surface area (Å²) in [6, 6.07) is 14.8. The first kappa shape index (κ1) is 26.2. The molecule has 3 atom stereocenters. The van der Waals surface area contributed by atoms with E-state index in [4.69, 9.17) is 14.6 Å². The lowest BCUT2D eigenvalue weighted by molar-refractivity contribution is -0.245. The van der Waals surface area contributed by atoms with Gasteiger partial charge >= 0.3 is 5.97 Å². The Hall–Kier alpha value is -2.83. The van der Waals surface area contributed by atoms with E-state index in [1.807, 2.05) is 43.3 Å². The first-order chi connectivity index (χ1) is 17.4. The van der Waals surface area contributed by atoms with Crippen LogP contribution >= 0.6 is 23.1 Å². The molecule has 3 N–H and O–H groups in total. The van der Waals surface area contributed by atoms with Crippen molar-refractivity contribution in [3.05, 3.63) is 70.2 Å². The molecule has 1 aromatic heterocycles. The van der Waals surface area contributed by atoms with Crippen LogP contribution in [-0.2, 0) is 25.7 Å². The van der Waals surface area contributed by atoms with Crippen molar-refractivity contribution in [2.24, 2.45) is 0 Å². The fourth-order valence-electron chi connectivity index (χ4n) is 3.69. The number of nitrogens with one attached hydrogen (secondary N) is 1. The average molecular weight is 530 g/mol. The third-order valence-electron chi connectivity index (χ3n) is 5.55. The molecule has 11 heteroatoms. The van der Waals surface area contributed by atoms with Gasteiger partial charge in [-0.05, 0) is 30.2 Å². The van der Waals surface area contributed by atoms with E-state index in [1.54, 1.807) is 35.2 Å².